The second-order valence-corrected chi connectivity index (χ2v) is 2.88. The lowest BCUT2D eigenvalue weighted by molar-refractivity contribution is 0.0953. The maximum atomic E-state index is 11.4. The van der Waals surface area contributed by atoms with Gasteiger partial charge in [0.1, 0.15) is 0 Å². The van der Waals surface area contributed by atoms with Crippen molar-refractivity contribution in [3.05, 3.63) is 29.8 Å². The van der Waals surface area contributed by atoms with Gasteiger partial charge in [-0.05, 0) is 24.6 Å². The Morgan fingerprint density at radius 3 is 2.92 bits per heavy atom. The molecule has 1 amide bonds. The first-order valence-corrected chi connectivity index (χ1v) is 4.37. The van der Waals surface area contributed by atoms with Gasteiger partial charge in [0.2, 0.25) is 0 Å². The van der Waals surface area contributed by atoms with Gasteiger partial charge in [-0.3, -0.25) is 4.79 Å². The molecule has 1 rings (SSSR count). The lowest BCUT2D eigenvalue weighted by Gasteiger charge is -2.03. The van der Waals surface area contributed by atoms with Crippen molar-refractivity contribution in [3.8, 4) is 0 Å². The molecule has 3 N–H and O–H groups in total. The lowest BCUT2D eigenvalue weighted by atomic mass is 10.2. The van der Waals surface area contributed by atoms with Crippen molar-refractivity contribution in [1.29, 1.82) is 0 Å². The highest BCUT2D eigenvalue weighted by atomic mass is 16.1. The molecule has 0 radical (unpaired) electrons. The third-order valence-electron chi connectivity index (χ3n) is 1.68. The standard InChI is InChI=1S/C10H14N2O/c1-2-6-12-10(13)8-4-3-5-9(11)7-8/h3-5,7H,2,6,11H2,1H3,(H,12,13). The van der Waals surface area contributed by atoms with Crippen LogP contribution >= 0.6 is 0 Å². The molecule has 0 fully saturated rings. The third-order valence-corrected chi connectivity index (χ3v) is 1.68. The highest BCUT2D eigenvalue weighted by molar-refractivity contribution is 5.94. The summed E-state index contributed by atoms with van der Waals surface area (Å²) in [6.45, 7) is 2.72. The topological polar surface area (TPSA) is 55.1 Å². The quantitative estimate of drug-likeness (QED) is 0.687. The number of carbonyl (C=O) groups excluding carboxylic acids is 1. The van der Waals surface area contributed by atoms with Crippen molar-refractivity contribution in [1.82, 2.24) is 5.32 Å². The van der Waals surface area contributed by atoms with E-state index in [2.05, 4.69) is 5.32 Å². The summed E-state index contributed by atoms with van der Waals surface area (Å²) in [5, 5.41) is 2.78. The van der Waals surface area contributed by atoms with Crippen LogP contribution in [0.3, 0.4) is 0 Å². The number of nitrogens with two attached hydrogens (primary N) is 1. The fraction of sp³-hybridized carbons (Fsp3) is 0.300. The number of benzene rings is 1. The number of anilines is 1. The summed E-state index contributed by atoms with van der Waals surface area (Å²) in [7, 11) is 0. The fourth-order valence-corrected chi connectivity index (χ4v) is 1.02. The first-order valence-electron chi connectivity index (χ1n) is 4.37. The summed E-state index contributed by atoms with van der Waals surface area (Å²) in [5.41, 5.74) is 6.78. The fourth-order valence-electron chi connectivity index (χ4n) is 1.02. The molecule has 0 unspecified atom stereocenters. The summed E-state index contributed by atoms with van der Waals surface area (Å²) in [6.07, 6.45) is 0.939. The Kier molecular flexibility index (Phi) is 3.31. The summed E-state index contributed by atoms with van der Waals surface area (Å²) in [4.78, 5) is 11.4. The first-order chi connectivity index (χ1) is 6.24. The minimum absolute atomic E-state index is 0.0610. The second-order valence-electron chi connectivity index (χ2n) is 2.88. The van der Waals surface area contributed by atoms with E-state index in [9.17, 15) is 4.79 Å². The predicted molar refractivity (Wildman–Crippen MR) is 53.5 cm³/mol. The van der Waals surface area contributed by atoms with Crippen LogP contribution in [0.5, 0.6) is 0 Å². The van der Waals surface area contributed by atoms with E-state index in [1.807, 2.05) is 6.92 Å². The Balaban J connectivity index is 2.66. The van der Waals surface area contributed by atoms with Gasteiger partial charge in [-0.15, -0.1) is 0 Å². The maximum Gasteiger partial charge on any atom is 0.251 e. The smallest absolute Gasteiger partial charge is 0.251 e. The SMILES string of the molecule is CCCNC(=O)c1cccc(N)c1. The summed E-state index contributed by atoms with van der Waals surface area (Å²) < 4.78 is 0. The van der Waals surface area contributed by atoms with E-state index in [0.717, 1.165) is 6.42 Å². The summed E-state index contributed by atoms with van der Waals surface area (Å²) in [6, 6.07) is 6.96. The van der Waals surface area contributed by atoms with E-state index in [1.165, 1.54) is 0 Å². The number of rotatable bonds is 3. The molecule has 1 aromatic rings. The van der Waals surface area contributed by atoms with Crippen molar-refractivity contribution in [2.24, 2.45) is 0 Å². The minimum atomic E-state index is -0.0610. The molecule has 0 saturated heterocycles. The zero-order valence-corrected chi connectivity index (χ0v) is 7.71. The first kappa shape index (κ1) is 9.58. The molecule has 13 heavy (non-hydrogen) atoms. The number of hydrogen-bond donors (Lipinski definition) is 2. The molecule has 0 spiro atoms. The van der Waals surface area contributed by atoms with Gasteiger partial charge in [-0.25, -0.2) is 0 Å². The van der Waals surface area contributed by atoms with E-state index >= 15 is 0 Å². The Labute approximate surface area is 77.9 Å². The molecule has 0 atom stereocenters. The van der Waals surface area contributed by atoms with E-state index in [1.54, 1.807) is 24.3 Å². The van der Waals surface area contributed by atoms with Crippen molar-refractivity contribution in [2.45, 2.75) is 13.3 Å². The molecule has 0 aliphatic carbocycles. The van der Waals surface area contributed by atoms with Crippen LogP contribution in [0, 0.1) is 0 Å². The van der Waals surface area contributed by atoms with Crippen molar-refractivity contribution < 1.29 is 4.79 Å². The van der Waals surface area contributed by atoms with Crippen LogP contribution in [-0.2, 0) is 0 Å². The van der Waals surface area contributed by atoms with E-state index in [-0.39, 0.29) is 5.91 Å². The molecule has 3 nitrogen and oxygen atoms in total. The highest BCUT2D eigenvalue weighted by Crippen LogP contribution is 2.05. The van der Waals surface area contributed by atoms with E-state index < -0.39 is 0 Å². The zero-order chi connectivity index (χ0) is 9.68. The van der Waals surface area contributed by atoms with Crippen LogP contribution in [0.25, 0.3) is 0 Å². The molecule has 0 heterocycles. The molecule has 0 bridgehead atoms. The molecule has 0 aromatic heterocycles. The average Bonchev–Trinajstić information content (AvgIpc) is 2.14. The molecule has 3 heteroatoms. The van der Waals surface area contributed by atoms with Crippen LogP contribution in [-0.4, -0.2) is 12.5 Å². The van der Waals surface area contributed by atoms with Gasteiger partial charge in [0, 0.05) is 17.8 Å². The van der Waals surface area contributed by atoms with Crippen LogP contribution in [0.2, 0.25) is 0 Å². The molecular formula is C10H14N2O. The van der Waals surface area contributed by atoms with E-state index in [4.69, 9.17) is 5.73 Å². The number of carbonyl (C=O) groups is 1. The number of nitrogens with one attached hydrogen (secondary N) is 1. The van der Waals surface area contributed by atoms with Crippen molar-refractivity contribution >= 4 is 11.6 Å². The van der Waals surface area contributed by atoms with Crippen LogP contribution in [0.4, 0.5) is 5.69 Å². The largest absolute Gasteiger partial charge is 0.399 e. The van der Waals surface area contributed by atoms with Crippen molar-refractivity contribution in [2.75, 3.05) is 12.3 Å². The average molecular weight is 178 g/mol. The minimum Gasteiger partial charge on any atom is -0.399 e. The zero-order valence-electron chi connectivity index (χ0n) is 7.71. The Morgan fingerprint density at radius 2 is 2.31 bits per heavy atom. The van der Waals surface area contributed by atoms with Gasteiger partial charge in [0.15, 0.2) is 0 Å². The monoisotopic (exact) mass is 178 g/mol. The maximum absolute atomic E-state index is 11.4. The highest BCUT2D eigenvalue weighted by Gasteiger charge is 2.02. The molecule has 0 saturated carbocycles. The van der Waals surface area contributed by atoms with Gasteiger partial charge >= 0.3 is 0 Å². The molecule has 70 valence electrons. The number of nitrogen functional groups attached to an aromatic ring is 1. The molecular weight excluding hydrogens is 164 g/mol. The van der Waals surface area contributed by atoms with Gasteiger partial charge < -0.3 is 11.1 Å². The number of amides is 1. The summed E-state index contributed by atoms with van der Waals surface area (Å²) >= 11 is 0. The van der Waals surface area contributed by atoms with Gasteiger partial charge in [-0.2, -0.15) is 0 Å². The molecule has 0 aliphatic rings. The Morgan fingerprint density at radius 1 is 1.54 bits per heavy atom. The lowest BCUT2D eigenvalue weighted by Crippen LogP contribution is -2.23. The van der Waals surface area contributed by atoms with Gasteiger partial charge in [-0.1, -0.05) is 13.0 Å². The Bertz CT molecular complexity index is 297. The summed E-state index contributed by atoms with van der Waals surface area (Å²) in [5.74, 6) is -0.0610. The van der Waals surface area contributed by atoms with E-state index in [0.29, 0.717) is 17.8 Å². The van der Waals surface area contributed by atoms with Gasteiger partial charge in [0.05, 0.1) is 0 Å². The van der Waals surface area contributed by atoms with Gasteiger partial charge in [0.25, 0.3) is 5.91 Å². The third kappa shape index (κ3) is 2.78. The second kappa shape index (κ2) is 4.50. The van der Waals surface area contributed by atoms with Crippen LogP contribution in [0.1, 0.15) is 23.7 Å². The van der Waals surface area contributed by atoms with Crippen molar-refractivity contribution in [3.63, 3.8) is 0 Å². The normalized spacial score (nSPS) is 9.62. The number of hydrogen-bond acceptors (Lipinski definition) is 2. The van der Waals surface area contributed by atoms with Crippen LogP contribution < -0.4 is 11.1 Å². The Hall–Kier alpha value is -1.51. The molecule has 0 aliphatic heterocycles. The van der Waals surface area contributed by atoms with Crippen LogP contribution in [0.15, 0.2) is 24.3 Å². The molecule has 1 aromatic carbocycles. The predicted octanol–water partition coefficient (Wildman–Crippen LogP) is 1.41.